The van der Waals surface area contributed by atoms with Gasteiger partial charge in [-0.05, 0) is 6.92 Å². The lowest BCUT2D eigenvalue weighted by atomic mass is 9.89. The number of ether oxygens (including phenoxy) is 6. The van der Waals surface area contributed by atoms with Gasteiger partial charge in [0, 0.05) is 40.2 Å². The van der Waals surface area contributed by atoms with Crippen molar-refractivity contribution < 1.29 is 33.2 Å². The largest absolute Gasteiger partial charge is 0.464 e. The predicted molar refractivity (Wildman–Crippen MR) is 77.0 cm³/mol. The fourth-order valence-corrected chi connectivity index (χ4v) is 2.93. The highest BCUT2D eigenvalue weighted by Crippen LogP contribution is 2.45. The summed E-state index contributed by atoms with van der Waals surface area (Å²) in [6.45, 7) is 1.96. The first-order chi connectivity index (χ1) is 9.91. The maximum atomic E-state index is 12.4. The summed E-state index contributed by atoms with van der Waals surface area (Å²) in [5.41, 5.74) is -1.34. The van der Waals surface area contributed by atoms with E-state index in [1.807, 2.05) is 0 Å². The third-order valence-electron chi connectivity index (χ3n) is 3.62. The first-order valence-electron chi connectivity index (χ1n) is 6.55. The molecule has 0 amide bonds. The average Bonchev–Trinajstić information content (AvgIpc) is 2.54. The Morgan fingerprint density at radius 1 is 1.10 bits per heavy atom. The molecule has 0 aromatic rings. The number of halogens is 1. The van der Waals surface area contributed by atoms with E-state index in [1.54, 1.807) is 6.92 Å². The molecular weight excluding hydrogens is 348 g/mol. The van der Waals surface area contributed by atoms with Gasteiger partial charge in [0.05, 0.1) is 13.0 Å². The summed E-state index contributed by atoms with van der Waals surface area (Å²) >= 11 is 3.31. The van der Waals surface area contributed by atoms with Gasteiger partial charge in [0.1, 0.15) is 0 Å². The smallest absolute Gasteiger partial charge is 0.339 e. The normalized spacial score (nSPS) is 27.3. The zero-order valence-corrected chi connectivity index (χ0v) is 14.7. The summed E-state index contributed by atoms with van der Waals surface area (Å²) < 4.78 is 32.6. The molecule has 8 heteroatoms. The molecule has 0 bridgehead atoms. The second-order valence-electron chi connectivity index (χ2n) is 4.71. The van der Waals surface area contributed by atoms with E-state index in [-0.39, 0.29) is 24.8 Å². The molecule has 0 aliphatic carbocycles. The van der Waals surface area contributed by atoms with Gasteiger partial charge in [-0.3, -0.25) is 0 Å². The molecule has 0 aromatic carbocycles. The standard InChI is InChI=1S/C13H23BrO7/c1-6-20-10(15)11(9-14)7-12(16-2,17-3)8-13(18-4,19-5)21-11/h6-9H2,1-5H3/t11-/m1/s1. The molecule has 7 nitrogen and oxygen atoms in total. The van der Waals surface area contributed by atoms with Crippen molar-refractivity contribution in [2.75, 3.05) is 40.4 Å². The fraction of sp³-hybridized carbons (Fsp3) is 0.923. The zero-order chi connectivity index (χ0) is 16.1. The Balaban J connectivity index is 3.26. The maximum absolute atomic E-state index is 12.4. The van der Waals surface area contributed by atoms with Crippen LogP contribution in [0.25, 0.3) is 0 Å². The second kappa shape index (κ2) is 7.34. The highest BCUT2D eigenvalue weighted by molar-refractivity contribution is 9.09. The van der Waals surface area contributed by atoms with E-state index in [2.05, 4.69) is 15.9 Å². The minimum atomic E-state index is -1.47. The summed E-state index contributed by atoms with van der Waals surface area (Å²) in [6.07, 6.45) is 0.291. The molecule has 0 saturated carbocycles. The topological polar surface area (TPSA) is 72.5 Å². The number of rotatable bonds is 7. The molecule has 1 heterocycles. The van der Waals surface area contributed by atoms with E-state index in [9.17, 15) is 4.79 Å². The summed E-state index contributed by atoms with van der Waals surface area (Å²) in [7, 11) is 5.84. The summed E-state index contributed by atoms with van der Waals surface area (Å²) in [6, 6.07) is 0. The summed E-state index contributed by atoms with van der Waals surface area (Å²) in [4.78, 5) is 12.4. The van der Waals surface area contributed by atoms with Crippen molar-refractivity contribution in [3.63, 3.8) is 0 Å². The van der Waals surface area contributed by atoms with Crippen molar-refractivity contribution in [1.29, 1.82) is 0 Å². The molecule has 21 heavy (non-hydrogen) atoms. The number of hydrogen-bond donors (Lipinski definition) is 0. The molecule has 0 aromatic heterocycles. The number of methoxy groups -OCH3 is 4. The van der Waals surface area contributed by atoms with Crippen molar-refractivity contribution in [2.24, 2.45) is 0 Å². The Morgan fingerprint density at radius 2 is 1.67 bits per heavy atom. The van der Waals surface area contributed by atoms with Crippen molar-refractivity contribution in [1.82, 2.24) is 0 Å². The Labute approximate surface area is 133 Å². The van der Waals surface area contributed by atoms with E-state index in [0.717, 1.165) is 0 Å². The summed E-state index contributed by atoms with van der Waals surface area (Å²) in [5.74, 6) is -3.09. The Hall–Kier alpha value is -0.250. The van der Waals surface area contributed by atoms with Crippen LogP contribution in [0, 0.1) is 0 Å². The molecule has 0 spiro atoms. The van der Waals surface area contributed by atoms with Gasteiger partial charge in [0.2, 0.25) is 0 Å². The van der Waals surface area contributed by atoms with Gasteiger partial charge < -0.3 is 28.4 Å². The van der Waals surface area contributed by atoms with Crippen LogP contribution in [0.1, 0.15) is 19.8 Å². The number of esters is 1. The number of carbonyl (C=O) groups is 1. The molecule has 1 aliphatic rings. The van der Waals surface area contributed by atoms with Crippen molar-refractivity contribution >= 4 is 21.9 Å². The minimum Gasteiger partial charge on any atom is -0.464 e. The maximum Gasteiger partial charge on any atom is 0.339 e. The predicted octanol–water partition coefficient (Wildman–Crippen LogP) is 1.43. The zero-order valence-electron chi connectivity index (χ0n) is 13.1. The highest BCUT2D eigenvalue weighted by Gasteiger charge is 2.61. The summed E-state index contributed by atoms with van der Waals surface area (Å²) in [5, 5.41) is 0.182. The van der Waals surface area contributed by atoms with Gasteiger partial charge >= 0.3 is 5.97 Å². The van der Waals surface area contributed by atoms with E-state index in [1.165, 1.54) is 28.4 Å². The van der Waals surface area contributed by atoms with Crippen LogP contribution >= 0.6 is 15.9 Å². The molecule has 124 valence electrons. The van der Waals surface area contributed by atoms with Crippen LogP contribution in [-0.4, -0.2) is 63.7 Å². The first-order valence-corrected chi connectivity index (χ1v) is 7.67. The van der Waals surface area contributed by atoms with Gasteiger partial charge in [-0.2, -0.15) is 0 Å². The molecule has 0 unspecified atom stereocenters. The van der Waals surface area contributed by atoms with Crippen LogP contribution in [0.4, 0.5) is 0 Å². The molecular formula is C13H23BrO7. The van der Waals surface area contributed by atoms with Gasteiger partial charge in [-0.15, -0.1) is 0 Å². The Bertz CT molecular complexity index is 332. The Kier molecular flexibility index (Phi) is 6.57. The van der Waals surface area contributed by atoms with Crippen LogP contribution in [0.3, 0.4) is 0 Å². The van der Waals surface area contributed by atoms with E-state index >= 15 is 0 Å². The SMILES string of the molecule is CCOC(=O)[C@]1(CBr)CC(OC)(OC)CC(OC)(OC)O1. The highest BCUT2D eigenvalue weighted by atomic mass is 79.9. The Morgan fingerprint density at radius 3 is 2.05 bits per heavy atom. The molecule has 1 fully saturated rings. The minimum absolute atomic E-state index is 0.144. The van der Waals surface area contributed by atoms with Gasteiger partial charge in [-0.25, -0.2) is 4.79 Å². The van der Waals surface area contributed by atoms with Crippen LogP contribution in [0.5, 0.6) is 0 Å². The number of hydrogen-bond acceptors (Lipinski definition) is 7. The third kappa shape index (κ3) is 3.57. The van der Waals surface area contributed by atoms with Crippen LogP contribution in [0.2, 0.25) is 0 Å². The number of carbonyl (C=O) groups excluding carboxylic acids is 1. The van der Waals surface area contributed by atoms with E-state index in [0.29, 0.717) is 0 Å². The molecule has 0 N–H and O–H groups in total. The van der Waals surface area contributed by atoms with E-state index in [4.69, 9.17) is 28.4 Å². The van der Waals surface area contributed by atoms with Crippen molar-refractivity contribution in [2.45, 2.75) is 37.1 Å². The van der Waals surface area contributed by atoms with Gasteiger partial charge in [0.25, 0.3) is 5.97 Å². The quantitative estimate of drug-likeness (QED) is 0.381. The molecule has 0 radical (unpaired) electrons. The van der Waals surface area contributed by atoms with Gasteiger partial charge in [0.15, 0.2) is 11.4 Å². The fourth-order valence-electron chi connectivity index (χ4n) is 2.39. The first kappa shape index (κ1) is 18.8. The number of alkyl halides is 1. The van der Waals surface area contributed by atoms with E-state index < -0.39 is 23.3 Å². The van der Waals surface area contributed by atoms with Crippen LogP contribution < -0.4 is 0 Å². The molecule has 1 saturated heterocycles. The van der Waals surface area contributed by atoms with Gasteiger partial charge in [-0.1, -0.05) is 15.9 Å². The third-order valence-corrected chi connectivity index (χ3v) is 4.53. The van der Waals surface area contributed by atoms with Crippen LogP contribution in [0.15, 0.2) is 0 Å². The average molecular weight is 371 g/mol. The lowest BCUT2D eigenvalue weighted by Crippen LogP contribution is -2.65. The van der Waals surface area contributed by atoms with Crippen molar-refractivity contribution in [3.8, 4) is 0 Å². The molecule has 1 atom stereocenters. The monoisotopic (exact) mass is 370 g/mol. The second-order valence-corrected chi connectivity index (χ2v) is 5.27. The molecule has 1 rings (SSSR count). The molecule has 1 aliphatic heterocycles. The van der Waals surface area contributed by atoms with Crippen molar-refractivity contribution in [3.05, 3.63) is 0 Å². The van der Waals surface area contributed by atoms with Crippen LogP contribution in [-0.2, 0) is 33.2 Å². The lowest BCUT2D eigenvalue weighted by molar-refractivity contribution is -0.448. The lowest BCUT2D eigenvalue weighted by Gasteiger charge is -2.50.